The Morgan fingerprint density at radius 2 is 1.80 bits per heavy atom. The van der Waals surface area contributed by atoms with Crippen LogP contribution in [-0.4, -0.2) is 55.8 Å². The molecule has 35 heavy (non-hydrogen) atoms. The lowest BCUT2D eigenvalue weighted by molar-refractivity contribution is 0.249. The van der Waals surface area contributed by atoms with E-state index in [-0.39, 0.29) is 12.1 Å². The molecule has 0 atom stereocenters. The Bertz CT molecular complexity index is 1480. The van der Waals surface area contributed by atoms with Crippen LogP contribution in [0.4, 0.5) is 11.8 Å². The first-order valence-electron chi connectivity index (χ1n) is 12.0. The zero-order valence-corrected chi connectivity index (χ0v) is 19.9. The van der Waals surface area contributed by atoms with Gasteiger partial charge >= 0.3 is 0 Å². The topological polar surface area (TPSA) is 102 Å². The first-order chi connectivity index (χ1) is 17.1. The molecule has 1 fully saturated rings. The molecule has 1 aliphatic heterocycles. The fraction of sp³-hybridized carbons (Fsp3) is 0.308. The SMILES string of the molecule is CC(C)n1nc(-c2ccc3oc(N)nc3c2)c2c(N3CCN(Cc4ccccc4)CC3)ncnc21. The van der Waals surface area contributed by atoms with Crippen LogP contribution in [0.3, 0.4) is 0 Å². The minimum atomic E-state index is 0.156. The van der Waals surface area contributed by atoms with Crippen LogP contribution in [0.15, 0.2) is 59.3 Å². The molecular formula is C26H28N8O. The highest BCUT2D eigenvalue weighted by Crippen LogP contribution is 2.36. The minimum Gasteiger partial charge on any atom is -0.424 e. The van der Waals surface area contributed by atoms with Gasteiger partial charge in [-0.15, -0.1) is 0 Å². The molecule has 0 unspecified atom stereocenters. The van der Waals surface area contributed by atoms with Crippen LogP contribution >= 0.6 is 0 Å². The van der Waals surface area contributed by atoms with Gasteiger partial charge in [-0.3, -0.25) is 4.90 Å². The van der Waals surface area contributed by atoms with E-state index in [2.05, 4.69) is 63.9 Å². The number of aromatic nitrogens is 5. The number of anilines is 2. The second-order valence-corrected chi connectivity index (χ2v) is 9.27. The van der Waals surface area contributed by atoms with Gasteiger partial charge in [-0.05, 0) is 37.6 Å². The van der Waals surface area contributed by atoms with Crippen LogP contribution in [-0.2, 0) is 6.54 Å². The van der Waals surface area contributed by atoms with Gasteiger partial charge in [0.1, 0.15) is 23.4 Å². The van der Waals surface area contributed by atoms with Gasteiger partial charge in [0.15, 0.2) is 11.2 Å². The molecule has 5 aromatic rings. The van der Waals surface area contributed by atoms with Crippen molar-refractivity contribution in [3.05, 3.63) is 60.4 Å². The maximum atomic E-state index is 5.77. The summed E-state index contributed by atoms with van der Waals surface area (Å²) in [4.78, 5) is 18.5. The maximum absolute atomic E-state index is 5.77. The van der Waals surface area contributed by atoms with E-state index < -0.39 is 0 Å². The first kappa shape index (κ1) is 21.5. The summed E-state index contributed by atoms with van der Waals surface area (Å²) in [5, 5.41) is 5.95. The fourth-order valence-corrected chi connectivity index (χ4v) is 4.81. The van der Waals surface area contributed by atoms with Crippen molar-refractivity contribution >= 4 is 34.0 Å². The molecule has 0 bridgehead atoms. The standard InChI is InChI=1S/C26H28N8O/c1-17(2)34-25-22(23(31-34)19-8-9-21-20(14-19)30-26(27)35-21)24(28-16-29-25)33-12-10-32(11-13-33)15-18-6-4-3-5-7-18/h3-9,14,16-17H,10-13,15H2,1-2H3,(H2,27,30). The van der Waals surface area contributed by atoms with Crippen molar-refractivity contribution in [2.24, 2.45) is 0 Å². The van der Waals surface area contributed by atoms with Gasteiger partial charge in [-0.2, -0.15) is 10.1 Å². The molecule has 0 spiro atoms. The predicted molar refractivity (Wildman–Crippen MR) is 137 cm³/mol. The summed E-state index contributed by atoms with van der Waals surface area (Å²) in [6.07, 6.45) is 1.65. The number of oxazole rings is 1. The summed E-state index contributed by atoms with van der Waals surface area (Å²) in [6, 6.07) is 16.8. The van der Waals surface area contributed by atoms with E-state index >= 15 is 0 Å². The average Bonchev–Trinajstić information content (AvgIpc) is 3.44. The number of fused-ring (bicyclic) bond motifs is 2. The minimum absolute atomic E-state index is 0.156. The monoisotopic (exact) mass is 468 g/mol. The average molecular weight is 469 g/mol. The smallest absolute Gasteiger partial charge is 0.292 e. The molecule has 0 saturated carbocycles. The normalized spacial score (nSPS) is 15.0. The van der Waals surface area contributed by atoms with Gasteiger partial charge in [0.25, 0.3) is 6.01 Å². The van der Waals surface area contributed by atoms with Gasteiger partial charge in [0.05, 0.1) is 5.39 Å². The van der Waals surface area contributed by atoms with E-state index in [1.165, 1.54) is 5.56 Å². The van der Waals surface area contributed by atoms with Crippen LogP contribution in [0.5, 0.6) is 0 Å². The number of benzene rings is 2. The molecule has 9 heteroatoms. The highest BCUT2D eigenvalue weighted by molar-refractivity contribution is 6.00. The van der Waals surface area contributed by atoms with Crippen LogP contribution in [0.2, 0.25) is 0 Å². The Balaban J connectivity index is 1.37. The number of nitrogen functional groups attached to an aromatic ring is 1. The third kappa shape index (κ3) is 3.97. The molecule has 4 heterocycles. The van der Waals surface area contributed by atoms with Crippen LogP contribution in [0, 0.1) is 0 Å². The van der Waals surface area contributed by atoms with Crippen LogP contribution in [0.1, 0.15) is 25.5 Å². The van der Waals surface area contributed by atoms with Gasteiger partial charge in [-0.25, -0.2) is 14.6 Å². The first-order valence-corrected chi connectivity index (χ1v) is 12.0. The Morgan fingerprint density at radius 1 is 1.00 bits per heavy atom. The van der Waals surface area contributed by atoms with Gasteiger partial charge < -0.3 is 15.1 Å². The molecule has 0 aliphatic carbocycles. The predicted octanol–water partition coefficient (Wildman–Crippen LogP) is 4.12. The largest absolute Gasteiger partial charge is 0.424 e. The highest BCUT2D eigenvalue weighted by atomic mass is 16.4. The zero-order valence-electron chi connectivity index (χ0n) is 19.9. The number of hydrogen-bond donors (Lipinski definition) is 1. The molecule has 2 aromatic carbocycles. The Hall–Kier alpha value is -3.98. The molecular weight excluding hydrogens is 440 g/mol. The lowest BCUT2D eigenvalue weighted by Crippen LogP contribution is -2.46. The summed E-state index contributed by atoms with van der Waals surface area (Å²) >= 11 is 0. The Labute approximate surface area is 203 Å². The van der Waals surface area contributed by atoms with Crippen molar-refractivity contribution in [1.29, 1.82) is 0 Å². The quantitative estimate of drug-likeness (QED) is 0.411. The number of hydrogen-bond acceptors (Lipinski definition) is 8. The van der Waals surface area contributed by atoms with Crippen molar-refractivity contribution < 1.29 is 4.42 Å². The Morgan fingerprint density at radius 3 is 2.57 bits per heavy atom. The highest BCUT2D eigenvalue weighted by Gasteiger charge is 2.25. The third-order valence-corrected chi connectivity index (χ3v) is 6.56. The lowest BCUT2D eigenvalue weighted by Gasteiger charge is -2.35. The number of piperazine rings is 1. The second-order valence-electron chi connectivity index (χ2n) is 9.27. The van der Waals surface area contributed by atoms with Crippen molar-refractivity contribution in [3.8, 4) is 11.3 Å². The molecule has 0 radical (unpaired) electrons. The van der Waals surface area contributed by atoms with E-state index in [9.17, 15) is 0 Å². The molecule has 3 aromatic heterocycles. The van der Waals surface area contributed by atoms with E-state index in [1.54, 1.807) is 6.33 Å². The molecule has 0 amide bonds. The van der Waals surface area contributed by atoms with Crippen molar-refractivity contribution in [1.82, 2.24) is 29.6 Å². The molecule has 1 aliphatic rings. The van der Waals surface area contributed by atoms with Gasteiger partial charge in [-0.1, -0.05) is 30.3 Å². The zero-order chi connectivity index (χ0) is 23.9. The van der Waals surface area contributed by atoms with Crippen molar-refractivity contribution in [3.63, 3.8) is 0 Å². The molecule has 9 nitrogen and oxygen atoms in total. The summed E-state index contributed by atoms with van der Waals surface area (Å²) in [6.45, 7) is 8.92. The fourth-order valence-electron chi connectivity index (χ4n) is 4.81. The molecule has 6 rings (SSSR count). The van der Waals surface area contributed by atoms with Gasteiger partial charge in [0, 0.05) is 44.3 Å². The molecule has 178 valence electrons. The second kappa shape index (κ2) is 8.66. The Kier molecular flexibility index (Phi) is 5.33. The maximum Gasteiger partial charge on any atom is 0.292 e. The summed E-state index contributed by atoms with van der Waals surface area (Å²) in [5.74, 6) is 0.927. The van der Waals surface area contributed by atoms with Crippen LogP contribution < -0.4 is 10.6 Å². The number of nitrogens with two attached hydrogens (primary N) is 1. The number of rotatable bonds is 5. The van der Waals surface area contributed by atoms with Gasteiger partial charge in [0.2, 0.25) is 0 Å². The van der Waals surface area contributed by atoms with Crippen LogP contribution in [0.25, 0.3) is 33.4 Å². The van der Waals surface area contributed by atoms with Crippen molar-refractivity contribution in [2.45, 2.75) is 26.4 Å². The summed E-state index contributed by atoms with van der Waals surface area (Å²) in [7, 11) is 0. The summed E-state index contributed by atoms with van der Waals surface area (Å²) < 4.78 is 7.44. The summed E-state index contributed by atoms with van der Waals surface area (Å²) in [5.41, 5.74) is 11.1. The third-order valence-electron chi connectivity index (χ3n) is 6.56. The lowest BCUT2D eigenvalue weighted by atomic mass is 10.1. The van der Waals surface area contributed by atoms with Crippen molar-refractivity contribution in [2.75, 3.05) is 36.8 Å². The van der Waals surface area contributed by atoms with E-state index in [0.29, 0.717) is 11.1 Å². The molecule has 1 saturated heterocycles. The van der Waals surface area contributed by atoms with E-state index in [4.69, 9.17) is 20.2 Å². The number of nitrogens with zero attached hydrogens (tertiary/aromatic N) is 7. The van der Waals surface area contributed by atoms with E-state index in [0.717, 1.165) is 60.8 Å². The molecule has 2 N–H and O–H groups in total. The van der Waals surface area contributed by atoms with E-state index in [1.807, 2.05) is 22.9 Å².